The minimum atomic E-state index is -1.02. The highest BCUT2D eigenvalue weighted by Gasteiger charge is 2.12. The molecule has 0 radical (unpaired) electrons. The van der Waals surface area contributed by atoms with Gasteiger partial charge in [-0.3, -0.25) is 4.79 Å². The monoisotopic (exact) mass is 285 g/mol. The van der Waals surface area contributed by atoms with Gasteiger partial charge in [-0.15, -0.1) is 0 Å². The van der Waals surface area contributed by atoms with Crippen LogP contribution in [0.5, 0.6) is 0 Å². The number of rotatable bonds is 4. The SMILES string of the molecule is Cc1cc(/C=C/C(=O)O)cc(NC(=O)c2occc2C)c1. The van der Waals surface area contributed by atoms with Gasteiger partial charge in [0, 0.05) is 17.3 Å². The second kappa shape index (κ2) is 6.09. The maximum absolute atomic E-state index is 12.1. The number of amides is 1. The molecule has 108 valence electrons. The highest BCUT2D eigenvalue weighted by Crippen LogP contribution is 2.18. The molecule has 0 spiro atoms. The number of hydrogen-bond donors (Lipinski definition) is 2. The highest BCUT2D eigenvalue weighted by atomic mass is 16.4. The van der Waals surface area contributed by atoms with E-state index in [1.807, 2.05) is 13.0 Å². The predicted molar refractivity (Wildman–Crippen MR) is 79.2 cm³/mol. The maximum Gasteiger partial charge on any atom is 0.328 e. The van der Waals surface area contributed by atoms with Gasteiger partial charge in [-0.25, -0.2) is 4.79 Å². The van der Waals surface area contributed by atoms with E-state index in [1.165, 1.54) is 12.3 Å². The maximum atomic E-state index is 12.1. The van der Waals surface area contributed by atoms with Crippen LogP contribution in [0, 0.1) is 13.8 Å². The third-order valence-electron chi connectivity index (χ3n) is 2.84. The molecule has 2 aromatic rings. The van der Waals surface area contributed by atoms with Gasteiger partial charge in [0.2, 0.25) is 0 Å². The number of benzene rings is 1. The molecule has 2 rings (SSSR count). The van der Waals surface area contributed by atoms with E-state index in [4.69, 9.17) is 9.52 Å². The average Bonchev–Trinajstić information content (AvgIpc) is 2.82. The molecule has 0 saturated carbocycles. The van der Waals surface area contributed by atoms with E-state index in [-0.39, 0.29) is 11.7 Å². The number of carbonyl (C=O) groups excluding carboxylic acids is 1. The number of nitrogens with one attached hydrogen (secondary N) is 1. The van der Waals surface area contributed by atoms with Crippen LogP contribution in [0.25, 0.3) is 6.08 Å². The van der Waals surface area contributed by atoms with Crippen LogP contribution in [0.4, 0.5) is 5.69 Å². The molecule has 1 aromatic carbocycles. The molecule has 0 aliphatic carbocycles. The first-order valence-corrected chi connectivity index (χ1v) is 6.34. The standard InChI is InChI=1S/C16H15NO4/c1-10-7-12(3-4-14(18)19)9-13(8-10)17-16(20)15-11(2)5-6-21-15/h3-9H,1-2H3,(H,17,20)(H,18,19)/b4-3+. The molecule has 0 aliphatic rings. The fraction of sp³-hybridized carbons (Fsp3) is 0.125. The van der Waals surface area contributed by atoms with E-state index in [1.54, 1.807) is 25.1 Å². The predicted octanol–water partition coefficient (Wildman–Crippen LogP) is 3.25. The third-order valence-corrected chi connectivity index (χ3v) is 2.84. The third kappa shape index (κ3) is 3.82. The zero-order valence-corrected chi connectivity index (χ0v) is 11.7. The normalized spacial score (nSPS) is 10.8. The number of aryl methyl sites for hydroxylation is 2. The van der Waals surface area contributed by atoms with Gasteiger partial charge in [0.15, 0.2) is 5.76 Å². The van der Waals surface area contributed by atoms with E-state index < -0.39 is 5.97 Å². The first-order chi connectivity index (χ1) is 9.95. The minimum Gasteiger partial charge on any atom is -0.478 e. The largest absolute Gasteiger partial charge is 0.478 e. The van der Waals surface area contributed by atoms with E-state index in [0.717, 1.165) is 17.2 Å². The van der Waals surface area contributed by atoms with Crippen molar-refractivity contribution in [3.8, 4) is 0 Å². The van der Waals surface area contributed by atoms with Gasteiger partial charge in [0.1, 0.15) is 0 Å². The number of furan rings is 1. The van der Waals surface area contributed by atoms with Gasteiger partial charge in [0.05, 0.1) is 6.26 Å². The summed E-state index contributed by atoms with van der Waals surface area (Å²) in [5.41, 5.74) is 2.95. The smallest absolute Gasteiger partial charge is 0.328 e. The second-order valence-corrected chi connectivity index (χ2v) is 4.69. The summed E-state index contributed by atoms with van der Waals surface area (Å²) in [6, 6.07) is 7.04. The van der Waals surface area contributed by atoms with Crippen LogP contribution in [-0.4, -0.2) is 17.0 Å². The van der Waals surface area contributed by atoms with E-state index in [9.17, 15) is 9.59 Å². The van der Waals surface area contributed by atoms with Crippen molar-refractivity contribution in [2.75, 3.05) is 5.32 Å². The fourth-order valence-electron chi connectivity index (χ4n) is 1.94. The molecule has 5 heteroatoms. The highest BCUT2D eigenvalue weighted by molar-refractivity contribution is 6.03. The van der Waals surface area contributed by atoms with Crippen molar-refractivity contribution in [2.45, 2.75) is 13.8 Å². The Morgan fingerprint density at radius 1 is 1.24 bits per heavy atom. The van der Waals surface area contributed by atoms with Gasteiger partial charge in [-0.05, 0) is 49.2 Å². The van der Waals surface area contributed by atoms with Gasteiger partial charge in [-0.1, -0.05) is 6.07 Å². The summed E-state index contributed by atoms with van der Waals surface area (Å²) in [6.45, 7) is 3.65. The molecule has 1 amide bonds. The molecule has 0 bridgehead atoms. The lowest BCUT2D eigenvalue weighted by atomic mass is 10.1. The number of anilines is 1. The lowest BCUT2D eigenvalue weighted by molar-refractivity contribution is -0.131. The molecule has 0 aliphatic heterocycles. The quantitative estimate of drug-likeness (QED) is 0.845. The van der Waals surface area contributed by atoms with Crippen LogP contribution >= 0.6 is 0 Å². The Balaban J connectivity index is 2.22. The van der Waals surface area contributed by atoms with Gasteiger partial charge in [-0.2, -0.15) is 0 Å². The summed E-state index contributed by atoms with van der Waals surface area (Å²) in [5.74, 6) is -1.09. The van der Waals surface area contributed by atoms with Crippen molar-refractivity contribution in [1.82, 2.24) is 0 Å². The second-order valence-electron chi connectivity index (χ2n) is 4.69. The van der Waals surface area contributed by atoms with Crippen molar-refractivity contribution in [3.63, 3.8) is 0 Å². The van der Waals surface area contributed by atoms with Crippen molar-refractivity contribution in [1.29, 1.82) is 0 Å². The van der Waals surface area contributed by atoms with Crippen LogP contribution in [-0.2, 0) is 4.79 Å². The Hall–Kier alpha value is -2.82. The topological polar surface area (TPSA) is 79.5 Å². The summed E-state index contributed by atoms with van der Waals surface area (Å²) in [6.07, 6.45) is 3.99. The van der Waals surface area contributed by atoms with E-state index in [2.05, 4.69) is 5.32 Å². The fourth-order valence-corrected chi connectivity index (χ4v) is 1.94. The van der Waals surface area contributed by atoms with E-state index >= 15 is 0 Å². The Bertz CT molecular complexity index is 713. The molecule has 2 N–H and O–H groups in total. The van der Waals surface area contributed by atoms with Crippen LogP contribution < -0.4 is 5.32 Å². The van der Waals surface area contributed by atoms with Crippen LogP contribution in [0.3, 0.4) is 0 Å². The zero-order chi connectivity index (χ0) is 15.4. The van der Waals surface area contributed by atoms with Gasteiger partial charge >= 0.3 is 5.97 Å². The molecule has 0 saturated heterocycles. The average molecular weight is 285 g/mol. The first-order valence-electron chi connectivity index (χ1n) is 6.34. The van der Waals surface area contributed by atoms with Crippen LogP contribution in [0.1, 0.15) is 27.2 Å². The van der Waals surface area contributed by atoms with Crippen molar-refractivity contribution in [2.24, 2.45) is 0 Å². The number of hydrogen-bond acceptors (Lipinski definition) is 3. The number of carboxylic acids is 1. The van der Waals surface area contributed by atoms with E-state index in [0.29, 0.717) is 11.3 Å². The van der Waals surface area contributed by atoms with Gasteiger partial charge < -0.3 is 14.8 Å². The molecule has 1 aromatic heterocycles. The van der Waals surface area contributed by atoms with Crippen molar-refractivity contribution in [3.05, 3.63) is 59.1 Å². The Kier molecular flexibility index (Phi) is 4.23. The summed E-state index contributed by atoms with van der Waals surface area (Å²) < 4.78 is 5.13. The number of carboxylic acid groups (broad SMARTS) is 1. The van der Waals surface area contributed by atoms with Gasteiger partial charge in [0.25, 0.3) is 5.91 Å². The molecule has 1 heterocycles. The Labute approximate surface area is 121 Å². The molecule has 21 heavy (non-hydrogen) atoms. The molecule has 0 unspecified atom stereocenters. The summed E-state index contributed by atoms with van der Waals surface area (Å²) in [5, 5.41) is 11.4. The Morgan fingerprint density at radius 3 is 2.62 bits per heavy atom. The lowest BCUT2D eigenvalue weighted by Gasteiger charge is -2.07. The Morgan fingerprint density at radius 2 is 2.00 bits per heavy atom. The van der Waals surface area contributed by atoms with Crippen molar-refractivity contribution >= 4 is 23.6 Å². The zero-order valence-electron chi connectivity index (χ0n) is 11.7. The molecule has 0 atom stereocenters. The molecular weight excluding hydrogens is 270 g/mol. The molecule has 0 fully saturated rings. The lowest BCUT2D eigenvalue weighted by Crippen LogP contribution is -2.12. The number of carbonyl (C=O) groups is 2. The van der Waals surface area contributed by atoms with Crippen LogP contribution in [0.2, 0.25) is 0 Å². The molecule has 5 nitrogen and oxygen atoms in total. The number of aliphatic carboxylic acids is 1. The molecular formula is C16H15NO4. The van der Waals surface area contributed by atoms with Crippen LogP contribution in [0.15, 0.2) is 41.0 Å². The minimum absolute atomic E-state index is 0.263. The van der Waals surface area contributed by atoms with Crippen molar-refractivity contribution < 1.29 is 19.1 Å². The summed E-state index contributed by atoms with van der Waals surface area (Å²) >= 11 is 0. The summed E-state index contributed by atoms with van der Waals surface area (Å²) in [7, 11) is 0. The summed E-state index contributed by atoms with van der Waals surface area (Å²) in [4.78, 5) is 22.6. The first kappa shape index (κ1) is 14.6.